The summed E-state index contributed by atoms with van der Waals surface area (Å²) < 4.78 is 12.3. The lowest BCUT2D eigenvalue weighted by molar-refractivity contribution is 0.0695. The molecule has 0 aliphatic rings. The zero-order valence-corrected chi connectivity index (χ0v) is 6.11. The molecule has 3 nitrogen and oxygen atoms in total. The molecule has 0 aliphatic carbocycles. The van der Waals surface area contributed by atoms with E-state index in [0.29, 0.717) is 0 Å². The molecule has 0 aromatic carbocycles. The van der Waals surface area contributed by atoms with Crippen LogP contribution in [0.4, 0.5) is 4.39 Å². The minimum absolute atomic E-state index is 0.00579. The minimum Gasteiger partial charge on any atom is -0.478 e. The largest absolute Gasteiger partial charge is 0.478 e. The molecular formula is C6H4FNO2S. The maximum Gasteiger partial charge on any atom is 0.338 e. The molecular weight excluding hydrogens is 169 g/mol. The topological polar surface area (TPSA) is 53.1 Å². The van der Waals surface area contributed by atoms with E-state index in [1.165, 1.54) is 0 Å². The van der Waals surface area contributed by atoms with Gasteiger partial charge in [0.25, 0.3) is 0 Å². The van der Waals surface area contributed by atoms with Gasteiger partial charge in [-0.3, -0.25) is 0 Å². The first-order chi connectivity index (χ1) is 5.11. The van der Waals surface area contributed by atoms with Gasteiger partial charge in [-0.2, -0.15) is 4.39 Å². The first kappa shape index (κ1) is 7.87. The molecule has 1 heterocycles. The summed E-state index contributed by atoms with van der Waals surface area (Å²) >= 11 is 4.57. The normalized spacial score (nSPS) is 9.55. The Morgan fingerprint density at radius 2 is 2.36 bits per heavy atom. The van der Waals surface area contributed by atoms with E-state index >= 15 is 0 Å². The molecule has 0 spiro atoms. The Morgan fingerprint density at radius 1 is 1.73 bits per heavy atom. The molecule has 2 N–H and O–H groups in total. The van der Waals surface area contributed by atoms with Gasteiger partial charge in [-0.25, -0.2) is 4.79 Å². The number of H-pyrrole nitrogens is 1. The lowest BCUT2D eigenvalue weighted by Gasteiger charge is -1.93. The van der Waals surface area contributed by atoms with Crippen LogP contribution in [0.25, 0.3) is 0 Å². The zero-order chi connectivity index (χ0) is 8.43. The fourth-order valence-corrected chi connectivity index (χ4v) is 0.864. The molecule has 0 bridgehead atoms. The predicted octanol–water partition coefficient (Wildman–Crippen LogP) is 1.58. The number of rotatable bonds is 1. The summed E-state index contributed by atoms with van der Waals surface area (Å²) in [5, 5.41) is 8.45. The van der Waals surface area contributed by atoms with Crippen molar-refractivity contribution in [3.8, 4) is 0 Å². The van der Waals surface area contributed by atoms with Gasteiger partial charge in [0.05, 0.1) is 10.1 Å². The first-order valence-corrected chi connectivity index (χ1v) is 3.13. The molecule has 0 unspecified atom stereocenters. The van der Waals surface area contributed by atoms with Crippen LogP contribution in [-0.2, 0) is 0 Å². The summed E-state index contributed by atoms with van der Waals surface area (Å²) in [6, 6.07) is 0.957. The van der Waals surface area contributed by atoms with E-state index in [9.17, 15) is 9.18 Å². The fraction of sp³-hybridized carbons (Fsp3) is 0. The number of aromatic amines is 1. The van der Waals surface area contributed by atoms with Crippen LogP contribution in [-0.4, -0.2) is 16.1 Å². The Balaban J connectivity index is 3.32. The van der Waals surface area contributed by atoms with Gasteiger partial charge in [-0.1, -0.05) is 12.2 Å². The highest BCUT2D eigenvalue weighted by Crippen LogP contribution is 2.02. The molecule has 11 heavy (non-hydrogen) atoms. The second-order valence-corrected chi connectivity index (χ2v) is 2.30. The molecule has 5 heteroatoms. The standard InChI is InChI=1S/C6H4FNO2S/c7-5-1-4(11)3(2-8-5)6(9)10/h1-2H,(H,8,11)(H,9,10). The Bertz CT molecular complexity index is 347. The van der Waals surface area contributed by atoms with Gasteiger partial charge < -0.3 is 10.1 Å². The lowest BCUT2D eigenvalue weighted by Crippen LogP contribution is -1.98. The van der Waals surface area contributed by atoms with Crippen molar-refractivity contribution < 1.29 is 14.3 Å². The van der Waals surface area contributed by atoms with Crippen molar-refractivity contribution in [1.82, 2.24) is 4.98 Å². The molecule has 0 radical (unpaired) electrons. The number of pyridine rings is 1. The molecule has 0 saturated carbocycles. The van der Waals surface area contributed by atoms with Crippen LogP contribution >= 0.6 is 12.2 Å². The number of hydrogen-bond acceptors (Lipinski definition) is 2. The van der Waals surface area contributed by atoms with E-state index in [0.717, 1.165) is 12.3 Å². The lowest BCUT2D eigenvalue weighted by atomic mass is 10.3. The molecule has 0 saturated heterocycles. The average molecular weight is 173 g/mol. The Labute approximate surface area is 66.5 Å². The van der Waals surface area contributed by atoms with Gasteiger partial charge in [0.15, 0.2) is 5.95 Å². The molecule has 1 aromatic heterocycles. The maximum atomic E-state index is 12.3. The second-order valence-electron chi connectivity index (χ2n) is 1.86. The quantitative estimate of drug-likeness (QED) is 0.500. The number of aromatic nitrogens is 1. The molecule has 58 valence electrons. The Kier molecular flexibility index (Phi) is 2.00. The third-order valence-electron chi connectivity index (χ3n) is 1.11. The Hall–Kier alpha value is -1.23. The van der Waals surface area contributed by atoms with Gasteiger partial charge in [0, 0.05) is 12.3 Å². The fourth-order valence-electron chi connectivity index (χ4n) is 0.614. The zero-order valence-electron chi connectivity index (χ0n) is 5.30. The number of aromatic carboxylic acids is 1. The van der Waals surface area contributed by atoms with Crippen LogP contribution in [0.1, 0.15) is 10.4 Å². The highest BCUT2D eigenvalue weighted by molar-refractivity contribution is 7.71. The third-order valence-corrected chi connectivity index (χ3v) is 1.45. The second kappa shape index (κ2) is 2.79. The summed E-state index contributed by atoms with van der Waals surface area (Å²) in [7, 11) is 0. The SMILES string of the molecule is O=C(O)c1c[nH]c(F)cc1=S. The molecule has 0 atom stereocenters. The maximum absolute atomic E-state index is 12.3. The number of nitrogens with one attached hydrogen (secondary N) is 1. The van der Waals surface area contributed by atoms with E-state index in [4.69, 9.17) is 5.11 Å². The molecule has 0 amide bonds. The van der Waals surface area contributed by atoms with E-state index in [1.54, 1.807) is 0 Å². The molecule has 0 aliphatic heterocycles. The van der Waals surface area contributed by atoms with Crippen LogP contribution in [0.2, 0.25) is 0 Å². The van der Waals surface area contributed by atoms with Crippen LogP contribution in [0.5, 0.6) is 0 Å². The van der Waals surface area contributed by atoms with Crippen molar-refractivity contribution in [3.05, 3.63) is 28.3 Å². The number of halogens is 1. The van der Waals surface area contributed by atoms with E-state index in [-0.39, 0.29) is 10.1 Å². The van der Waals surface area contributed by atoms with E-state index in [1.807, 2.05) is 0 Å². The van der Waals surface area contributed by atoms with Crippen molar-refractivity contribution in [2.24, 2.45) is 0 Å². The van der Waals surface area contributed by atoms with Crippen LogP contribution in [0.15, 0.2) is 12.3 Å². The van der Waals surface area contributed by atoms with E-state index in [2.05, 4.69) is 17.2 Å². The van der Waals surface area contributed by atoms with Crippen molar-refractivity contribution in [2.75, 3.05) is 0 Å². The van der Waals surface area contributed by atoms with Crippen LogP contribution < -0.4 is 0 Å². The highest BCUT2D eigenvalue weighted by Gasteiger charge is 2.04. The summed E-state index contributed by atoms with van der Waals surface area (Å²) in [4.78, 5) is 12.4. The number of hydrogen-bond donors (Lipinski definition) is 2. The molecule has 1 rings (SSSR count). The van der Waals surface area contributed by atoms with E-state index < -0.39 is 11.9 Å². The number of carboxylic acid groups (broad SMARTS) is 1. The van der Waals surface area contributed by atoms with Gasteiger partial charge in [0.2, 0.25) is 0 Å². The van der Waals surface area contributed by atoms with Gasteiger partial charge >= 0.3 is 5.97 Å². The summed E-state index contributed by atoms with van der Waals surface area (Å²) in [5.74, 6) is -1.80. The number of carboxylic acids is 1. The van der Waals surface area contributed by atoms with Crippen molar-refractivity contribution in [2.45, 2.75) is 0 Å². The van der Waals surface area contributed by atoms with Gasteiger partial charge in [-0.05, 0) is 0 Å². The smallest absolute Gasteiger partial charge is 0.338 e. The summed E-state index contributed by atoms with van der Waals surface area (Å²) in [6.07, 6.45) is 1.03. The first-order valence-electron chi connectivity index (χ1n) is 2.73. The number of carbonyl (C=O) groups is 1. The minimum atomic E-state index is -1.16. The third kappa shape index (κ3) is 1.62. The van der Waals surface area contributed by atoms with Crippen LogP contribution in [0, 0.1) is 10.5 Å². The van der Waals surface area contributed by atoms with Crippen LogP contribution in [0.3, 0.4) is 0 Å². The summed E-state index contributed by atoms with van der Waals surface area (Å²) in [6.45, 7) is 0. The molecule has 0 fully saturated rings. The van der Waals surface area contributed by atoms with Crippen molar-refractivity contribution in [3.63, 3.8) is 0 Å². The predicted molar refractivity (Wildman–Crippen MR) is 38.5 cm³/mol. The van der Waals surface area contributed by atoms with Gasteiger partial charge in [0.1, 0.15) is 0 Å². The molecule has 1 aromatic rings. The van der Waals surface area contributed by atoms with Crippen molar-refractivity contribution in [1.29, 1.82) is 0 Å². The average Bonchev–Trinajstić information content (AvgIpc) is 1.85. The monoisotopic (exact) mass is 173 g/mol. The van der Waals surface area contributed by atoms with Gasteiger partial charge in [-0.15, -0.1) is 0 Å². The highest BCUT2D eigenvalue weighted by atomic mass is 32.1. The summed E-state index contributed by atoms with van der Waals surface area (Å²) in [5.41, 5.74) is -0.0959. The van der Waals surface area contributed by atoms with Crippen molar-refractivity contribution >= 4 is 18.2 Å². The Morgan fingerprint density at radius 3 is 2.82 bits per heavy atom.